The first-order valence-corrected chi connectivity index (χ1v) is 12.4. The maximum Gasteiger partial charge on any atom is 0.225 e. The van der Waals surface area contributed by atoms with Gasteiger partial charge in [-0.1, -0.05) is 41.4 Å². The Bertz CT molecular complexity index is 1040. The monoisotopic (exact) mass is 520 g/mol. The number of nitrogens with two attached hydrogens (primary N) is 1. The third-order valence-corrected chi connectivity index (χ3v) is 7.18. The maximum atomic E-state index is 13.1. The molecule has 2 amide bonds. The van der Waals surface area contributed by atoms with Gasteiger partial charge in [0.2, 0.25) is 11.8 Å². The predicted molar refractivity (Wildman–Crippen MR) is 141 cm³/mol. The van der Waals surface area contributed by atoms with Crippen LogP contribution in [0.1, 0.15) is 50.4 Å². The molecule has 0 spiro atoms. The minimum absolute atomic E-state index is 0.0301. The molecule has 7 nitrogen and oxygen atoms in total. The number of methoxy groups -OCH3 is 1. The first-order chi connectivity index (χ1) is 16.5. The Labute approximate surface area is 217 Å². The van der Waals surface area contributed by atoms with Gasteiger partial charge in [-0.2, -0.15) is 0 Å². The van der Waals surface area contributed by atoms with E-state index >= 15 is 0 Å². The molecule has 0 aliphatic carbocycles. The molecule has 1 fully saturated rings. The number of hydrogen-bond donors (Lipinski definition) is 2. The Balaban J connectivity index is 1.61. The predicted octanol–water partition coefficient (Wildman–Crippen LogP) is 4.33. The van der Waals surface area contributed by atoms with E-state index in [1.54, 1.807) is 25.3 Å². The van der Waals surface area contributed by atoms with Crippen molar-refractivity contribution in [1.82, 2.24) is 10.2 Å². The van der Waals surface area contributed by atoms with Gasteiger partial charge in [-0.05, 0) is 49.2 Å². The molecule has 1 aliphatic rings. The van der Waals surface area contributed by atoms with Gasteiger partial charge in [0.05, 0.1) is 24.1 Å². The SMILES string of the molecule is COC(C)(C)C(N)c1ccc(N2CCN(C(=O)CC(NC(C)=O)c3ccc(Cl)cc3Cl)CC2)cc1. The first-order valence-electron chi connectivity index (χ1n) is 11.7. The molecule has 2 unspecified atom stereocenters. The van der Waals surface area contributed by atoms with E-state index in [9.17, 15) is 9.59 Å². The van der Waals surface area contributed by atoms with E-state index in [4.69, 9.17) is 33.7 Å². The number of rotatable bonds is 8. The highest BCUT2D eigenvalue weighted by molar-refractivity contribution is 6.35. The quantitative estimate of drug-likeness (QED) is 0.540. The lowest BCUT2D eigenvalue weighted by Gasteiger charge is -2.37. The van der Waals surface area contributed by atoms with Crippen LogP contribution < -0.4 is 16.0 Å². The van der Waals surface area contributed by atoms with E-state index in [0.29, 0.717) is 41.8 Å². The fourth-order valence-corrected chi connectivity index (χ4v) is 4.75. The standard InChI is InChI=1S/C26H34Cl2N4O3/c1-17(33)30-23(21-10-7-19(27)15-22(21)28)16-24(34)32-13-11-31(12-14-32)20-8-5-18(6-9-20)25(29)26(2,3)35-4/h5-10,15,23,25H,11-14,16,29H2,1-4H3,(H,30,33). The number of halogens is 2. The molecular weight excluding hydrogens is 487 g/mol. The van der Waals surface area contributed by atoms with Gasteiger partial charge < -0.3 is 25.6 Å². The van der Waals surface area contributed by atoms with Crippen LogP contribution in [0.15, 0.2) is 42.5 Å². The van der Waals surface area contributed by atoms with Crippen molar-refractivity contribution in [3.63, 3.8) is 0 Å². The summed E-state index contributed by atoms with van der Waals surface area (Å²) < 4.78 is 5.51. The van der Waals surface area contributed by atoms with Gasteiger partial charge in [0.1, 0.15) is 0 Å². The van der Waals surface area contributed by atoms with Crippen molar-refractivity contribution in [2.45, 2.75) is 44.9 Å². The molecule has 0 saturated carbocycles. The van der Waals surface area contributed by atoms with Gasteiger partial charge >= 0.3 is 0 Å². The average molecular weight is 521 g/mol. The number of hydrogen-bond acceptors (Lipinski definition) is 5. The lowest BCUT2D eigenvalue weighted by molar-refractivity contribution is -0.132. The lowest BCUT2D eigenvalue weighted by atomic mass is 9.92. The lowest BCUT2D eigenvalue weighted by Crippen LogP contribution is -2.49. The van der Waals surface area contributed by atoms with E-state index in [-0.39, 0.29) is 24.3 Å². The second kappa shape index (κ2) is 11.6. The minimum Gasteiger partial charge on any atom is -0.377 e. The zero-order chi connectivity index (χ0) is 25.8. The topological polar surface area (TPSA) is 87.9 Å². The molecule has 1 saturated heterocycles. The van der Waals surface area contributed by atoms with Crippen molar-refractivity contribution < 1.29 is 14.3 Å². The molecule has 0 aromatic heterocycles. The molecule has 3 rings (SSSR count). The second-order valence-corrected chi connectivity index (χ2v) is 10.2. The number of nitrogens with one attached hydrogen (secondary N) is 1. The average Bonchev–Trinajstić information content (AvgIpc) is 2.83. The van der Waals surface area contributed by atoms with Crippen LogP contribution in [0.25, 0.3) is 0 Å². The van der Waals surface area contributed by atoms with E-state index in [1.807, 2.05) is 30.9 Å². The van der Waals surface area contributed by atoms with Crippen LogP contribution in [0.5, 0.6) is 0 Å². The Morgan fingerprint density at radius 2 is 1.71 bits per heavy atom. The fourth-order valence-electron chi connectivity index (χ4n) is 4.21. The zero-order valence-electron chi connectivity index (χ0n) is 20.7. The van der Waals surface area contributed by atoms with Crippen molar-refractivity contribution in [3.8, 4) is 0 Å². The van der Waals surface area contributed by atoms with Crippen molar-refractivity contribution in [1.29, 1.82) is 0 Å². The number of carbonyl (C=O) groups excluding carboxylic acids is 2. The molecule has 9 heteroatoms. The van der Waals surface area contributed by atoms with Crippen molar-refractivity contribution in [3.05, 3.63) is 63.6 Å². The number of piperazine rings is 1. The van der Waals surface area contributed by atoms with Crippen LogP contribution in [0.2, 0.25) is 10.0 Å². The van der Waals surface area contributed by atoms with E-state index in [1.165, 1.54) is 6.92 Å². The largest absolute Gasteiger partial charge is 0.377 e. The normalized spacial score (nSPS) is 16.1. The highest BCUT2D eigenvalue weighted by Gasteiger charge is 2.28. The Hall–Kier alpha value is -2.32. The molecule has 2 aromatic rings. The summed E-state index contributed by atoms with van der Waals surface area (Å²) in [6, 6.07) is 12.5. The van der Waals surface area contributed by atoms with Crippen LogP contribution in [0.3, 0.4) is 0 Å². The summed E-state index contributed by atoms with van der Waals surface area (Å²) in [6.45, 7) is 7.99. The number of anilines is 1. The smallest absolute Gasteiger partial charge is 0.225 e. The summed E-state index contributed by atoms with van der Waals surface area (Å²) >= 11 is 12.4. The van der Waals surface area contributed by atoms with Gasteiger partial charge in [0.15, 0.2) is 0 Å². The minimum atomic E-state index is -0.518. The van der Waals surface area contributed by atoms with Crippen molar-refractivity contribution in [2.75, 3.05) is 38.2 Å². The van der Waals surface area contributed by atoms with Crippen LogP contribution in [0, 0.1) is 0 Å². The third kappa shape index (κ3) is 6.88. The summed E-state index contributed by atoms with van der Waals surface area (Å²) in [5.74, 6) is -0.256. The molecule has 0 radical (unpaired) electrons. The van der Waals surface area contributed by atoms with E-state index in [0.717, 1.165) is 11.3 Å². The highest BCUT2D eigenvalue weighted by Crippen LogP contribution is 2.30. The third-order valence-electron chi connectivity index (χ3n) is 6.62. The van der Waals surface area contributed by atoms with Gasteiger partial charge in [0.25, 0.3) is 0 Å². The Kier molecular flexibility index (Phi) is 9.05. The second-order valence-electron chi connectivity index (χ2n) is 9.37. The molecule has 2 aromatic carbocycles. The number of benzene rings is 2. The van der Waals surface area contributed by atoms with Crippen molar-refractivity contribution >= 4 is 40.7 Å². The van der Waals surface area contributed by atoms with E-state index < -0.39 is 11.6 Å². The van der Waals surface area contributed by atoms with Crippen molar-refractivity contribution in [2.24, 2.45) is 5.73 Å². The van der Waals surface area contributed by atoms with Gasteiger partial charge in [-0.15, -0.1) is 0 Å². The summed E-state index contributed by atoms with van der Waals surface area (Å²) in [6.07, 6.45) is 0.128. The Morgan fingerprint density at radius 3 is 2.26 bits per heavy atom. The molecule has 1 heterocycles. The highest BCUT2D eigenvalue weighted by atomic mass is 35.5. The molecule has 190 valence electrons. The number of nitrogens with zero attached hydrogens (tertiary/aromatic N) is 2. The number of carbonyl (C=O) groups is 2. The van der Waals surface area contributed by atoms with Crippen LogP contribution in [-0.4, -0.2) is 55.6 Å². The van der Waals surface area contributed by atoms with Gasteiger partial charge in [0, 0.05) is 55.9 Å². The molecule has 35 heavy (non-hydrogen) atoms. The van der Waals surface area contributed by atoms with Crippen LogP contribution in [-0.2, 0) is 14.3 Å². The maximum absolute atomic E-state index is 13.1. The van der Waals surface area contributed by atoms with Gasteiger partial charge in [-0.3, -0.25) is 9.59 Å². The fraction of sp³-hybridized carbons (Fsp3) is 0.462. The molecule has 3 N–H and O–H groups in total. The molecule has 2 atom stereocenters. The van der Waals surface area contributed by atoms with Crippen LogP contribution in [0.4, 0.5) is 5.69 Å². The molecular formula is C26H34Cl2N4O3. The first kappa shape index (κ1) is 27.3. The molecule has 1 aliphatic heterocycles. The summed E-state index contributed by atoms with van der Waals surface area (Å²) in [5.41, 5.74) is 8.69. The van der Waals surface area contributed by atoms with Crippen LogP contribution >= 0.6 is 23.2 Å². The number of amides is 2. The molecule has 0 bridgehead atoms. The summed E-state index contributed by atoms with van der Waals surface area (Å²) in [4.78, 5) is 28.9. The zero-order valence-corrected chi connectivity index (χ0v) is 22.2. The van der Waals surface area contributed by atoms with Gasteiger partial charge in [-0.25, -0.2) is 0 Å². The van der Waals surface area contributed by atoms with E-state index in [2.05, 4.69) is 22.3 Å². The Morgan fingerprint density at radius 1 is 1.09 bits per heavy atom. The summed E-state index contributed by atoms with van der Waals surface area (Å²) in [5, 5.41) is 3.77. The number of ether oxygens (including phenoxy) is 1. The summed E-state index contributed by atoms with van der Waals surface area (Å²) in [7, 11) is 1.66.